The van der Waals surface area contributed by atoms with Gasteiger partial charge in [-0.05, 0) is 20.8 Å². The number of hydrogen-bond donors (Lipinski definition) is 0. The second-order valence-corrected chi connectivity index (χ2v) is 8.64. The van der Waals surface area contributed by atoms with E-state index in [-0.39, 0.29) is 32.7 Å². The third-order valence-electron chi connectivity index (χ3n) is 3.79. The van der Waals surface area contributed by atoms with Crippen molar-refractivity contribution in [2.75, 3.05) is 32.8 Å². The Morgan fingerprint density at radius 2 is 2.04 bits per heavy atom. The summed E-state index contributed by atoms with van der Waals surface area (Å²) in [6.07, 6.45) is -1.29. The number of halogens is 1. The van der Waals surface area contributed by atoms with E-state index < -0.39 is 39.2 Å². The zero-order valence-corrected chi connectivity index (χ0v) is 14.8. The number of likely N-dealkylation sites (tertiary alicyclic amines) is 1. The van der Waals surface area contributed by atoms with Crippen LogP contribution >= 0.6 is 0 Å². The molecule has 0 aromatic carbocycles. The molecule has 24 heavy (non-hydrogen) atoms. The fourth-order valence-electron chi connectivity index (χ4n) is 2.67. The first-order valence-electron chi connectivity index (χ1n) is 7.76. The quantitative estimate of drug-likeness (QED) is 0.676. The van der Waals surface area contributed by atoms with Crippen LogP contribution in [0.25, 0.3) is 0 Å². The number of carbonyl (C=O) groups is 2. The lowest BCUT2D eigenvalue weighted by Crippen LogP contribution is -2.51. The standard InChI is InChI=1S/C14H23FN2O6S/c1-14(2,3)23-13(19)16-4-5-22-10(7-16)8-17-9-11(6-12(17)18)24(15,20)21/h10-11H,4-9H2,1-3H3/t10-,11?/m0/s1. The number of carbonyl (C=O) groups excluding carboxylic acids is 2. The van der Waals surface area contributed by atoms with E-state index in [9.17, 15) is 21.9 Å². The van der Waals surface area contributed by atoms with Gasteiger partial charge in [0.15, 0.2) is 0 Å². The predicted molar refractivity (Wildman–Crippen MR) is 82.6 cm³/mol. The molecule has 0 saturated carbocycles. The normalized spacial score (nSPS) is 25.9. The monoisotopic (exact) mass is 366 g/mol. The van der Waals surface area contributed by atoms with E-state index >= 15 is 0 Å². The summed E-state index contributed by atoms with van der Waals surface area (Å²) in [6, 6.07) is 0. The Bertz CT molecular complexity index is 603. The Balaban J connectivity index is 1.91. The molecule has 2 atom stereocenters. The summed E-state index contributed by atoms with van der Waals surface area (Å²) in [5.41, 5.74) is -0.613. The van der Waals surface area contributed by atoms with Crippen LogP contribution in [0.5, 0.6) is 0 Å². The molecule has 2 aliphatic heterocycles. The van der Waals surface area contributed by atoms with Gasteiger partial charge in [0.1, 0.15) is 10.9 Å². The third kappa shape index (κ3) is 5.04. The molecular weight excluding hydrogens is 343 g/mol. The van der Waals surface area contributed by atoms with Crippen molar-refractivity contribution in [2.45, 2.75) is 44.1 Å². The van der Waals surface area contributed by atoms with Gasteiger partial charge in [0.25, 0.3) is 0 Å². The average Bonchev–Trinajstić information content (AvgIpc) is 2.79. The van der Waals surface area contributed by atoms with Gasteiger partial charge in [0, 0.05) is 26.1 Å². The maximum Gasteiger partial charge on any atom is 0.410 e. The minimum absolute atomic E-state index is 0.115. The summed E-state index contributed by atoms with van der Waals surface area (Å²) in [4.78, 5) is 26.7. The molecular formula is C14H23FN2O6S. The molecule has 2 heterocycles. The van der Waals surface area contributed by atoms with E-state index in [4.69, 9.17) is 9.47 Å². The largest absolute Gasteiger partial charge is 0.444 e. The maximum atomic E-state index is 13.0. The minimum Gasteiger partial charge on any atom is -0.444 e. The van der Waals surface area contributed by atoms with Crippen LogP contribution in [0.3, 0.4) is 0 Å². The summed E-state index contributed by atoms with van der Waals surface area (Å²) in [7, 11) is -4.74. The van der Waals surface area contributed by atoms with Gasteiger partial charge >= 0.3 is 16.3 Å². The predicted octanol–water partition coefficient (Wildman–Crippen LogP) is 0.523. The van der Waals surface area contributed by atoms with Crippen molar-refractivity contribution in [2.24, 2.45) is 0 Å². The second-order valence-electron chi connectivity index (χ2n) is 7.02. The lowest BCUT2D eigenvalue weighted by molar-refractivity contribution is -0.130. The Kier molecular flexibility index (Phi) is 5.38. The van der Waals surface area contributed by atoms with Gasteiger partial charge in [-0.1, -0.05) is 0 Å². The number of amides is 2. The molecule has 0 spiro atoms. The van der Waals surface area contributed by atoms with Crippen LogP contribution in [0.15, 0.2) is 0 Å². The first-order chi connectivity index (χ1) is 11.0. The SMILES string of the molecule is CC(C)(C)OC(=O)N1CCO[C@H](CN2CC(S(=O)(=O)F)CC2=O)C1. The van der Waals surface area contributed by atoms with Crippen molar-refractivity contribution >= 4 is 22.2 Å². The van der Waals surface area contributed by atoms with Crippen molar-refractivity contribution in [3.8, 4) is 0 Å². The van der Waals surface area contributed by atoms with Crippen molar-refractivity contribution in [1.82, 2.24) is 9.80 Å². The Hall–Kier alpha value is -1.42. The molecule has 8 nitrogen and oxygen atoms in total. The molecule has 0 aromatic heterocycles. The number of nitrogens with zero attached hydrogens (tertiary/aromatic N) is 2. The van der Waals surface area contributed by atoms with Crippen LogP contribution in [0.1, 0.15) is 27.2 Å². The first-order valence-corrected chi connectivity index (χ1v) is 9.21. The zero-order valence-electron chi connectivity index (χ0n) is 14.0. The Morgan fingerprint density at radius 1 is 1.38 bits per heavy atom. The third-order valence-corrected chi connectivity index (χ3v) is 4.90. The summed E-state index contributed by atoms with van der Waals surface area (Å²) in [6.45, 7) is 6.12. The maximum absolute atomic E-state index is 13.0. The number of ether oxygens (including phenoxy) is 2. The molecule has 10 heteroatoms. The second kappa shape index (κ2) is 6.83. The van der Waals surface area contributed by atoms with E-state index in [2.05, 4.69) is 0 Å². The minimum atomic E-state index is -4.74. The highest BCUT2D eigenvalue weighted by Gasteiger charge is 2.40. The van der Waals surface area contributed by atoms with Crippen molar-refractivity contribution in [3.05, 3.63) is 0 Å². The topological polar surface area (TPSA) is 93.2 Å². The van der Waals surface area contributed by atoms with E-state index in [0.717, 1.165) is 0 Å². The fourth-order valence-corrected chi connectivity index (χ4v) is 3.37. The van der Waals surface area contributed by atoms with Crippen LogP contribution in [0, 0.1) is 0 Å². The summed E-state index contributed by atoms with van der Waals surface area (Å²) >= 11 is 0. The van der Waals surface area contributed by atoms with E-state index in [1.54, 1.807) is 20.8 Å². The average molecular weight is 366 g/mol. The van der Waals surface area contributed by atoms with E-state index in [1.807, 2.05) is 0 Å². The Labute approximate surface area is 141 Å². The smallest absolute Gasteiger partial charge is 0.410 e. The summed E-state index contributed by atoms with van der Waals surface area (Å²) in [5.74, 6) is -0.431. The molecule has 0 aromatic rings. The molecule has 2 rings (SSSR count). The molecule has 2 amide bonds. The molecule has 2 fully saturated rings. The van der Waals surface area contributed by atoms with Gasteiger partial charge < -0.3 is 19.3 Å². The summed E-state index contributed by atoms with van der Waals surface area (Å²) in [5, 5.41) is -1.32. The molecule has 0 aliphatic carbocycles. The highest BCUT2D eigenvalue weighted by atomic mass is 32.3. The van der Waals surface area contributed by atoms with Crippen molar-refractivity contribution < 1.29 is 31.4 Å². The van der Waals surface area contributed by atoms with Crippen LogP contribution in [-0.4, -0.2) is 80.0 Å². The Morgan fingerprint density at radius 3 is 2.58 bits per heavy atom. The van der Waals surface area contributed by atoms with Gasteiger partial charge in [-0.3, -0.25) is 4.79 Å². The number of rotatable bonds is 3. The van der Waals surface area contributed by atoms with Gasteiger partial charge in [-0.15, -0.1) is 3.89 Å². The highest BCUT2D eigenvalue weighted by Crippen LogP contribution is 2.21. The summed E-state index contributed by atoms with van der Waals surface area (Å²) < 4.78 is 45.8. The zero-order chi connectivity index (χ0) is 18.1. The van der Waals surface area contributed by atoms with E-state index in [0.29, 0.717) is 6.54 Å². The first kappa shape index (κ1) is 18.9. The molecule has 1 unspecified atom stereocenters. The molecule has 0 radical (unpaired) electrons. The van der Waals surface area contributed by atoms with E-state index in [1.165, 1.54) is 9.80 Å². The number of morpholine rings is 1. The molecule has 2 aliphatic rings. The number of hydrogen-bond acceptors (Lipinski definition) is 6. The van der Waals surface area contributed by atoms with Gasteiger partial charge in [0.05, 0.1) is 19.3 Å². The van der Waals surface area contributed by atoms with Gasteiger partial charge in [-0.25, -0.2) is 4.79 Å². The van der Waals surface area contributed by atoms with Crippen LogP contribution in [-0.2, 0) is 24.5 Å². The van der Waals surface area contributed by atoms with Crippen LogP contribution in [0.2, 0.25) is 0 Å². The van der Waals surface area contributed by atoms with Gasteiger partial charge in [-0.2, -0.15) is 8.42 Å². The molecule has 0 N–H and O–H groups in total. The highest BCUT2D eigenvalue weighted by molar-refractivity contribution is 7.87. The van der Waals surface area contributed by atoms with Crippen LogP contribution < -0.4 is 0 Å². The fraction of sp³-hybridized carbons (Fsp3) is 0.857. The van der Waals surface area contributed by atoms with Gasteiger partial charge in [0.2, 0.25) is 5.91 Å². The van der Waals surface area contributed by atoms with Crippen LogP contribution in [0.4, 0.5) is 8.68 Å². The lowest BCUT2D eigenvalue weighted by Gasteiger charge is -2.35. The molecule has 0 bridgehead atoms. The molecule has 138 valence electrons. The molecule has 2 saturated heterocycles. The lowest BCUT2D eigenvalue weighted by atomic mass is 10.2. The van der Waals surface area contributed by atoms with Crippen molar-refractivity contribution in [1.29, 1.82) is 0 Å². The van der Waals surface area contributed by atoms with Crippen molar-refractivity contribution in [3.63, 3.8) is 0 Å².